The van der Waals surface area contributed by atoms with E-state index in [2.05, 4.69) is 39.6 Å². The molecule has 0 radical (unpaired) electrons. The maximum absolute atomic E-state index is 4.67. The number of nitrogens with zero attached hydrogens (tertiary/aromatic N) is 5. The summed E-state index contributed by atoms with van der Waals surface area (Å²) >= 11 is 1.57. The highest BCUT2D eigenvalue weighted by Crippen LogP contribution is 2.45. The molecule has 2 heterocycles. The van der Waals surface area contributed by atoms with Crippen LogP contribution in [0.5, 0.6) is 0 Å². The second-order valence-electron chi connectivity index (χ2n) is 5.21. The third-order valence-corrected chi connectivity index (χ3v) is 4.61. The lowest BCUT2D eigenvalue weighted by Gasteiger charge is -2.37. The van der Waals surface area contributed by atoms with Gasteiger partial charge < -0.3 is 0 Å². The molecule has 0 spiro atoms. The van der Waals surface area contributed by atoms with Gasteiger partial charge in [0.05, 0.1) is 0 Å². The Balaban J connectivity index is 1.98. The van der Waals surface area contributed by atoms with Crippen molar-refractivity contribution >= 4 is 16.5 Å². The molecular weight excluding hydrogens is 306 g/mol. The van der Waals surface area contributed by atoms with Gasteiger partial charge in [-0.25, -0.2) is 9.99 Å². The first kappa shape index (κ1) is 13.9. The summed E-state index contributed by atoms with van der Waals surface area (Å²) < 4.78 is 0. The van der Waals surface area contributed by atoms with E-state index in [1.165, 1.54) is 0 Å². The lowest BCUT2D eigenvalue weighted by atomic mass is 9.91. The summed E-state index contributed by atoms with van der Waals surface area (Å²) in [5.74, 6) is 0. The van der Waals surface area contributed by atoms with Gasteiger partial charge in [-0.3, -0.25) is 0 Å². The molecule has 0 saturated heterocycles. The van der Waals surface area contributed by atoms with Gasteiger partial charge in [0.15, 0.2) is 0 Å². The quantitative estimate of drug-likeness (QED) is 0.730. The van der Waals surface area contributed by atoms with Crippen LogP contribution in [-0.4, -0.2) is 17.1 Å². The number of anilines is 1. The monoisotopic (exact) mass is 321 g/mol. The van der Waals surface area contributed by atoms with Crippen LogP contribution in [0, 0.1) is 0 Å². The molecule has 1 aromatic heterocycles. The minimum Gasteiger partial charge on any atom is -0.227 e. The van der Waals surface area contributed by atoms with Gasteiger partial charge in [0.2, 0.25) is 10.8 Å². The molecule has 5 nitrogen and oxygen atoms in total. The zero-order valence-corrected chi connectivity index (χ0v) is 13.4. The minimum absolute atomic E-state index is 0.741. The fourth-order valence-electron chi connectivity index (χ4n) is 2.87. The first-order chi connectivity index (χ1) is 11.3. The van der Waals surface area contributed by atoms with Crippen molar-refractivity contribution < 1.29 is 0 Å². The van der Waals surface area contributed by atoms with Gasteiger partial charge >= 0.3 is 0 Å². The lowest BCUT2D eigenvalue weighted by Crippen LogP contribution is -2.48. The Morgan fingerprint density at radius 2 is 1.52 bits per heavy atom. The van der Waals surface area contributed by atoms with E-state index in [0.29, 0.717) is 0 Å². The van der Waals surface area contributed by atoms with Crippen molar-refractivity contribution in [1.82, 2.24) is 10.1 Å². The SMILES string of the molecule is CN1N=NC(c2ccccc2)(c2ccccc2)N1c1nccs1. The third-order valence-electron chi connectivity index (χ3n) is 3.87. The molecule has 0 aliphatic carbocycles. The Morgan fingerprint density at radius 3 is 2.04 bits per heavy atom. The first-order valence-corrected chi connectivity index (χ1v) is 8.17. The van der Waals surface area contributed by atoms with Gasteiger partial charge in [-0.1, -0.05) is 65.9 Å². The zero-order chi connectivity index (χ0) is 15.7. The fourth-order valence-corrected chi connectivity index (χ4v) is 3.59. The first-order valence-electron chi connectivity index (χ1n) is 7.29. The van der Waals surface area contributed by atoms with E-state index >= 15 is 0 Å². The van der Waals surface area contributed by atoms with E-state index < -0.39 is 5.66 Å². The number of aromatic nitrogens is 1. The van der Waals surface area contributed by atoms with Crippen LogP contribution < -0.4 is 5.01 Å². The summed E-state index contributed by atoms with van der Waals surface area (Å²) in [4.78, 5) is 4.48. The van der Waals surface area contributed by atoms with Gasteiger partial charge in [-0.15, -0.1) is 16.5 Å². The maximum Gasteiger partial charge on any atom is 0.227 e. The highest BCUT2D eigenvalue weighted by Gasteiger charge is 2.48. The molecule has 3 aromatic rings. The molecule has 0 N–H and O–H groups in total. The molecule has 0 atom stereocenters. The summed E-state index contributed by atoms with van der Waals surface area (Å²) in [6.07, 6.45) is 1.80. The number of hydrogen-bond acceptors (Lipinski definition) is 6. The summed E-state index contributed by atoms with van der Waals surface area (Å²) in [5, 5.41) is 15.6. The molecule has 114 valence electrons. The topological polar surface area (TPSA) is 44.1 Å². The number of hydrazine groups is 1. The molecule has 0 fully saturated rings. The molecule has 0 amide bonds. The smallest absolute Gasteiger partial charge is 0.227 e. The highest BCUT2D eigenvalue weighted by atomic mass is 32.1. The average molecular weight is 321 g/mol. The molecule has 4 rings (SSSR count). The Hall–Kier alpha value is -2.73. The number of hydrogen-bond donors (Lipinski definition) is 0. The van der Waals surface area contributed by atoms with Crippen LogP contribution in [0.15, 0.2) is 82.6 Å². The van der Waals surface area contributed by atoms with Crippen LogP contribution in [0.25, 0.3) is 0 Å². The van der Waals surface area contributed by atoms with Crippen LogP contribution in [0.4, 0.5) is 5.13 Å². The number of rotatable bonds is 3. The van der Waals surface area contributed by atoms with Crippen LogP contribution in [0.2, 0.25) is 0 Å². The highest BCUT2D eigenvalue weighted by molar-refractivity contribution is 7.13. The van der Waals surface area contributed by atoms with Crippen molar-refractivity contribution in [2.75, 3.05) is 12.1 Å². The normalized spacial score (nSPS) is 16.0. The van der Waals surface area contributed by atoms with E-state index in [-0.39, 0.29) is 0 Å². The van der Waals surface area contributed by atoms with Crippen LogP contribution >= 0.6 is 11.3 Å². The average Bonchev–Trinajstić information content (AvgIpc) is 3.24. The summed E-state index contributed by atoms with van der Waals surface area (Å²) in [6, 6.07) is 20.4. The predicted octanol–water partition coefficient (Wildman–Crippen LogP) is 4.08. The molecule has 23 heavy (non-hydrogen) atoms. The van der Waals surface area contributed by atoms with Crippen molar-refractivity contribution in [3.8, 4) is 0 Å². The Kier molecular flexibility index (Phi) is 3.31. The van der Waals surface area contributed by atoms with Crippen LogP contribution in [0.3, 0.4) is 0 Å². The number of thiazole rings is 1. The van der Waals surface area contributed by atoms with Crippen molar-refractivity contribution in [3.63, 3.8) is 0 Å². The van der Waals surface area contributed by atoms with Gasteiger partial charge in [0.25, 0.3) is 0 Å². The second kappa shape index (κ2) is 5.48. The maximum atomic E-state index is 4.67. The largest absolute Gasteiger partial charge is 0.227 e. The zero-order valence-electron chi connectivity index (χ0n) is 12.6. The van der Waals surface area contributed by atoms with E-state index in [9.17, 15) is 0 Å². The van der Waals surface area contributed by atoms with Gasteiger partial charge in [0, 0.05) is 29.8 Å². The fraction of sp³-hybridized carbons (Fsp3) is 0.118. The van der Waals surface area contributed by atoms with Crippen molar-refractivity contribution in [1.29, 1.82) is 0 Å². The van der Waals surface area contributed by atoms with E-state index in [1.807, 2.05) is 53.8 Å². The van der Waals surface area contributed by atoms with Gasteiger partial charge in [-0.2, -0.15) is 5.12 Å². The van der Waals surface area contributed by atoms with Crippen molar-refractivity contribution in [2.24, 2.45) is 10.3 Å². The van der Waals surface area contributed by atoms with Gasteiger partial charge in [-0.05, 0) is 0 Å². The molecule has 0 saturated carbocycles. The Bertz CT molecular complexity index is 762. The molecule has 1 aliphatic rings. The number of benzene rings is 2. The van der Waals surface area contributed by atoms with Crippen molar-refractivity contribution in [3.05, 3.63) is 83.4 Å². The molecule has 0 unspecified atom stereocenters. The van der Waals surface area contributed by atoms with E-state index in [0.717, 1.165) is 16.3 Å². The summed E-state index contributed by atoms with van der Waals surface area (Å²) in [5.41, 5.74) is 1.36. The molecule has 1 aliphatic heterocycles. The molecule has 0 bridgehead atoms. The minimum atomic E-state index is -0.741. The molecule has 6 heteroatoms. The summed E-state index contributed by atoms with van der Waals surface area (Å²) in [6.45, 7) is 0. The van der Waals surface area contributed by atoms with Crippen LogP contribution in [-0.2, 0) is 5.66 Å². The lowest BCUT2D eigenvalue weighted by molar-refractivity contribution is 0.308. The third kappa shape index (κ3) is 2.10. The van der Waals surface area contributed by atoms with Crippen LogP contribution in [0.1, 0.15) is 11.1 Å². The summed E-state index contributed by atoms with van der Waals surface area (Å²) in [7, 11) is 1.89. The Labute approximate surface area is 138 Å². The standard InChI is InChI=1S/C17H15N5S/c1-21-20-19-17(14-8-4-2-5-9-14,15-10-6-3-7-11-15)22(21)16-18-12-13-23-16/h2-13H,1H3. The second-order valence-corrected chi connectivity index (χ2v) is 6.08. The Morgan fingerprint density at radius 1 is 0.913 bits per heavy atom. The van der Waals surface area contributed by atoms with E-state index in [1.54, 1.807) is 22.7 Å². The molecule has 2 aromatic carbocycles. The van der Waals surface area contributed by atoms with Gasteiger partial charge in [0.1, 0.15) is 0 Å². The van der Waals surface area contributed by atoms with E-state index in [4.69, 9.17) is 0 Å². The molecular formula is C17H15N5S. The van der Waals surface area contributed by atoms with Crippen molar-refractivity contribution in [2.45, 2.75) is 5.66 Å². The predicted molar refractivity (Wildman–Crippen MR) is 90.9 cm³/mol.